The van der Waals surface area contributed by atoms with Crippen LogP contribution in [0.5, 0.6) is 0 Å². The molecule has 0 fully saturated rings. The predicted octanol–water partition coefficient (Wildman–Crippen LogP) is 1.51. The van der Waals surface area contributed by atoms with Gasteiger partial charge in [-0.2, -0.15) is 11.8 Å². The number of nitrogens with zero attached hydrogens (tertiary/aromatic N) is 1. The quantitative estimate of drug-likeness (QED) is 0.152. The highest BCUT2D eigenvalue weighted by Crippen LogP contribution is 1.99. The lowest BCUT2D eigenvalue weighted by atomic mass is 10.5. The second-order valence-electron chi connectivity index (χ2n) is 1.88. The Morgan fingerprint density at radius 2 is 2.40 bits per heavy atom. The Bertz CT molecular complexity index is 119. The third-order valence-corrected chi connectivity index (χ3v) is 1.88. The van der Waals surface area contributed by atoms with Crippen LogP contribution in [0.1, 0.15) is 6.42 Å². The first-order chi connectivity index (χ1) is 4.77. The highest BCUT2D eigenvalue weighted by Gasteiger charge is 1.85. The standard InChI is InChI=1S/C7H13NOS/c1-3-6-10-7-4-5-8(2)9/h3,5H,1,4,6-7H2,2H3/b8-5-. The average Bonchev–Trinajstić information content (AvgIpc) is 1.87. The van der Waals surface area contributed by atoms with Crippen molar-refractivity contribution in [2.24, 2.45) is 0 Å². The molecule has 10 heavy (non-hydrogen) atoms. The molecular weight excluding hydrogens is 146 g/mol. The van der Waals surface area contributed by atoms with Gasteiger partial charge in [0.05, 0.1) is 0 Å². The molecule has 0 N–H and O–H groups in total. The molecule has 0 radical (unpaired) electrons. The summed E-state index contributed by atoms with van der Waals surface area (Å²) >= 11 is 1.78. The van der Waals surface area contributed by atoms with E-state index in [2.05, 4.69) is 6.58 Å². The number of hydroxylamine groups is 1. The van der Waals surface area contributed by atoms with Crippen molar-refractivity contribution < 1.29 is 4.74 Å². The van der Waals surface area contributed by atoms with Crippen molar-refractivity contribution in [3.8, 4) is 0 Å². The van der Waals surface area contributed by atoms with Crippen LogP contribution in [-0.4, -0.2) is 29.5 Å². The van der Waals surface area contributed by atoms with Gasteiger partial charge in [-0.25, -0.2) is 4.74 Å². The van der Waals surface area contributed by atoms with E-state index in [0.29, 0.717) is 0 Å². The molecule has 58 valence electrons. The normalized spacial score (nSPS) is 11.5. The largest absolute Gasteiger partial charge is 0.624 e. The van der Waals surface area contributed by atoms with E-state index >= 15 is 0 Å². The number of hydrogen-bond donors (Lipinski definition) is 0. The van der Waals surface area contributed by atoms with Crippen LogP contribution < -0.4 is 0 Å². The van der Waals surface area contributed by atoms with E-state index in [0.717, 1.165) is 22.7 Å². The van der Waals surface area contributed by atoms with Crippen LogP contribution >= 0.6 is 11.8 Å². The Hall–Kier alpha value is -0.440. The van der Waals surface area contributed by atoms with Gasteiger partial charge in [-0.3, -0.25) is 0 Å². The van der Waals surface area contributed by atoms with Gasteiger partial charge in [0.15, 0.2) is 6.21 Å². The van der Waals surface area contributed by atoms with Gasteiger partial charge in [0.25, 0.3) is 0 Å². The topological polar surface area (TPSA) is 26.1 Å². The molecule has 0 aliphatic rings. The summed E-state index contributed by atoms with van der Waals surface area (Å²) in [6.45, 7) is 3.59. The summed E-state index contributed by atoms with van der Waals surface area (Å²) < 4.78 is 0.842. The second-order valence-corrected chi connectivity index (χ2v) is 3.03. The van der Waals surface area contributed by atoms with Gasteiger partial charge in [-0.1, -0.05) is 6.08 Å². The third-order valence-electron chi connectivity index (χ3n) is 0.884. The molecule has 0 atom stereocenters. The summed E-state index contributed by atoms with van der Waals surface area (Å²) in [5, 5.41) is 10.3. The molecule has 0 bridgehead atoms. The Morgan fingerprint density at radius 1 is 1.70 bits per heavy atom. The third kappa shape index (κ3) is 7.56. The minimum absolute atomic E-state index is 0.842. The summed E-state index contributed by atoms with van der Waals surface area (Å²) in [5.41, 5.74) is 0. The maximum Gasteiger partial charge on any atom is 0.151 e. The van der Waals surface area contributed by atoms with Gasteiger partial charge in [0.2, 0.25) is 0 Å². The van der Waals surface area contributed by atoms with E-state index in [4.69, 9.17) is 0 Å². The number of rotatable bonds is 5. The zero-order valence-electron chi connectivity index (χ0n) is 6.25. The summed E-state index contributed by atoms with van der Waals surface area (Å²) in [5.74, 6) is 1.97. The summed E-state index contributed by atoms with van der Waals surface area (Å²) in [4.78, 5) is 0. The van der Waals surface area contributed by atoms with Crippen LogP contribution in [0.4, 0.5) is 0 Å². The van der Waals surface area contributed by atoms with E-state index in [1.807, 2.05) is 6.08 Å². The number of hydrogen-bond acceptors (Lipinski definition) is 2. The molecule has 0 aromatic carbocycles. The molecule has 0 rings (SSSR count). The molecule has 0 amide bonds. The fraction of sp³-hybridized carbons (Fsp3) is 0.571. The molecule has 0 unspecified atom stereocenters. The first kappa shape index (κ1) is 9.56. The molecule has 0 spiro atoms. The van der Waals surface area contributed by atoms with Crippen LogP contribution in [0.15, 0.2) is 12.7 Å². The van der Waals surface area contributed by atoms with Crippen molar-refractivity contribution in [2.45, 2.75) is 6.42 Å². The molecule has 3 heteroatoms. The van der Waals surface area contributed by atoms with Crippen molar-refractivity contribution >= 4 is 18.0 Å². The second kappa shape index (κ2) is 6.68. The minimum atomic E-state index is 0.842. The first-order valence-corrected chi connectivity index (χ1v) is 4.34. The number of thioether (sulfide) groups is 1. The van der Waals surface area contributed by atoms with E-state index in [1.165, 1.54) is 7.05 Å². The minimum Gasteiger partial charge on any atom is -0.624 e. The van der Waals surface area contributed by atoms with Crippen LogP contribution in [0, 0.1) is 5.21 Å². The van der Waals surface area contributed by atoms with Gasteiger partial charge >= 0.3 is 0 Å². The molecule has 0 aromatic rings. The van der Waals surface area contributed by atoms with Gasteiger partial charge in [-0.05, 0) is 0 Å². The first-order valence-electron chi connectivity index (χ1n) is 3.19. The van der Waals surface area contributed by atoms with Crippen molar-refractivity contribution in [1.82, 2.24) is 0 Å². The molecule has 2 nitrogen and oxygen atoms in total. The summed E-state index contributed by atoms with van der Waals surface area (Å²) in [6, 6.07) is 0. The van der Waals surface area contributed by atoms with Crippen molar-refractivity contribution in [3.63, 3.8) is 0 Å². The Kier molecular flexibility index (Phi) is 6.38. The molecular formula is C7H13NOS. The van der Waals surface area contributed by atoms with Gasteiger partial charge in [-0.15, -0.1) is 6.58 Å². The summed E-state index contributed by atoms with van der Waals surface area (Å²) in [6.07, 6.45) is 4.35. The highest BCUT2D eigenvalue weighted by atomic mass is 32.2. The van der Waals surface area contributed by atoms with Crippen LogP contribution in [-0.2, 0) is 0 Å². The van der Waals surface area contributed by atoms with E-state index in [-0.39, 0.29) is 0 Å². The molecule has 0 aliphatic heterocycles. The molecule has 0 saturated heterocycles. The fourth-order valence-electron chi connectivity index (χ4n) is 0.485. The smallest absolute Gasteiger partial charge is 0.151 e. The van der Waals surface area contributed by atoms with Crippen molar-refractivity contribution in [2.75, 3.05) is 18.6 Å². The van der Waals surface area contributed by atoms with Crippen LogP contribution in [0.2, 0.25) is 0 Å². The lowest BCUT2D eigenvalue weighted by Crippen LogP contribution is -1.96. The van der Waals surface area contributed by atoms with E-state index in [1.54, 1.807) is 18.0 Å². The molecule has 0 heterocycles. The zero-order valence-corrected chi connectivity index (χ0v) is 7.06. The van der Waals surface area contributed by atoms with Crippen LogP contribution in [0.25, 0.3) is 0 Å². The Balaban J connectivity index is 3.05. The zero-order chi connectivity index (χ0) is 7.82. The molecule has 0 aromatic heterocycles. The maximum atomic E-state index is 10.3. The SMILES string of the molecule is C=CCSCC/C=[N+](/C)[O-]. The predicted molar refractivity (Wildman–Crippen MR) is 47.8 cm³/mol. The Morgan fingerprint density at radius 3 is 2.90 bits per heavy atom. The fourth-order valence-corrected chi connectivity index (χ4v) is 1.09. The lowest BCUT2D eigenvalue weighted by Gasteiger charge is -1.94. The lowest BCUT2D eigenvalue weighted by molar-refractivity contribution is -0.418. The monoisotopic (exact) mass is 159 g/mol. The highest BCUT2D eigenvalue weighted by molar-refractivity contribution is 7.99. The molecule has 0 saturated carbocycles. The van der Waals surface area contributed by atoms with Gasteiger partial charge in [0, 0.05) is 17.9 Å². The average molecular weight is 159 g/mol. The van der Waals surface area contributed by atoms with Crippen molar-refractivity contribution in [3.05, 3.63) is 17.9 Å². The van der Waals surface area contributed by atoms with E-state index in [9.17, 15) is 5.21 Å². The summed E-state index contributed by atoms with van der Waals surface area (Å²) in [7, 11) is 1.50. The maximum absolute atomic E-state index is 10.3. The van der Waals surface area contributed by atoms with Crippen LogP contribution in [0.3, 0.4) is 0 Å². The van der Waals surface area contributed by atoms with Crippen molar-refractivity contribution in [1.29, 1.82) is 0 Å². The molecule has 0 aliphatic carbocycles. The van der Waals surface area contributed by atoms with Gasteiger partial charge in [0.1, 0.15) is 7.05 Å². The Labute approximate surface area is 66.2 Å². The van der Waals surface area contributed by atoms with E-state index < -0.39 is 0 Å². The van der Waals surface area contributed by atoms with Gasteiger partial charge < -0.3 is 5.21 Å².